The summed E-state index contributed by atoms with van der Waals surface area (Å²) in [6.07, 6.45) is 0.547. The van der Waals surface area contributed by atoms with Gasteiger partial charge < -0.3 is 41.4 Å². The minimum absolute atomic E-state index is 0.0509. The fraction of sp³-hybridized carbons (Fsp3) is 0.273. The Labute approximate surface area is 290 Å². The van der Waals surface area contributed by atoms with Gasteiger partial charge >= 0.3 is 16.2 Å². The zero-order valence-electron chi connectivity index (χ0n) is 27.5. The Morgan fingerprint density at radius 2 is 1.52 bits per heavy atom. The number of methoxy groups -OCH3 is 5. The van der Waals surface area contributed by atoms with Gasteiger partial charge in [0, 0.05) is 23.4 Å². The lowest BCUT2D eigenvalue weighted by Gasteiger charge is -2.17. The van der Waals surface area contributed by atoms with E-state index >= 15 is 0 Å². The third-order valence-electron chi connectivity index (χ3n) is 7.13. The van der Waals surface area contributed by atoms with Crippen LogP contribution in [0.3, 0.4) is 0 Å². The van der Waals surface area contributed by atoms with E-state index in [4.69, 9.17) is 46.7 Å². The van der Waals surface area contributed by atoms with Crippen LogP contribution in [-0.2, 0) is 10.1 Å². The van der Waals surface area contributed by atoms with Crippen LogP contribution >= 0.6 is 11.8 Å². The molecule has 0 amide bonds. The molecule has 15 nitrogen and oxygen atoms in total. The van der Waals surface area contributed by atoms with Crippen molar-refractivity contribution >= 4 is 32.8 Å². The van der Waals surface area contributed by atoms with Crippen molar-refractivity contribution in [1.29, 1.82) is 5.26 Å². The van der Waals surface area contributed by atoms with Crippen molar-refractivity contribution in [1.82, 2.24) is 10.2 Å². The molecule has 0 fully saturated rings. The van der Waals surface area contributed by atoms with Gasteiger partial charge in [0.05, 0.1) is 53.8 Å². The van der Waals surface area contributed by atoms with Crippen molar-refractivity contribution < 1.29 is 49.9 Å². The fourth-order valence-electron chi connectivity index (χ4n) is 4.72. The highest BCUT2D eigenvalue weighted by molar-refractivity contribution is 7.99. The van der Waals surface area contributed by atoms with Crippen molar-refractivity contribution in [3.05, 3.63) is 64.3 Å². The molecule has 5 aromatic rings. The Bertz CT molecular complexity index is 2170. The number of benzene rings is 3. The molecule has 3 aromatic carbocycles. The van der Waals surface area contributed by atoms with Crippen LogP contribution in [-0.4, -0.2) is 66.5 Å². The molecule has 50 heavy (non-hydrogen) atoms. The van der Waals surface area contributed by atoms with Gasteiger partial charge in [-0.3, -0.25) is 4.79 Å². The van der Waals surface area contributed by atoms with Crippen LogP contribution in [0.15, 0.2) is 72.3 Å². The summed E-state index contributed by atoms with van der Waals surface area (Å²) in [4.78, 5) is 13.8. The Morgan fingerprint density at radius 1 is 0.820 bits per heavy atom. The van der Waals surface area contributed by atoms with Crippen LogP contribution in [0.2, 0.25) is 0 Å². The summed E-state index contributed by atoms with van der Waals surface area (Å²) in [7, 11) is 3.12. The number of rotatable bonds is 16. The van der Waals surface area contributed by atoms with Crippen LogP contribution in [0.25, 0.3) is 22.3 Å². The van der Waals surface area contributed by atoms with Crippen molar-refractivity contribution in [2.75, 3.05) is 47.9 Å². The molecule has 0 bridgehead atoms. The Hall–Kier alpha value is -5.60. The summed E-state index contributed by atoms with van der Waals surface area (Å²) in [6.45, 7) is 0.133. The topological polar surface area (TPSA) is 192 Å². The molecule has 2 aromatic heterocycles. The predicted octanol–water partition coefficient (Wildman–Crippen LogP) is 5.48. The molecule has 0 saturated heterocycles. The smallest absolute Gasteiger partial charge is 0.431 e. The minimum atomic E-state index is -4.24. The van der Waals surface area contributed by atoms with Crippen molar-refractivity contribution in [3.8, 4) is 58.0 Å². The second-order valence-corrected chi connectivity index (χ2v) is 12.7. The number of fused-ring (bicyclic) bond motifs is 1. The van der Waals surface area contributed by atoms with Gasteiger partial charge in [-0.25, -0.2) is 0 Å². The maximum absolute atomic E-state index is 14.0. The van der Waals surface area contributed by atoms with E-state index in [-0.39, 0.29) is 45.0 Å². The summed E-state index contributed by atoms with van der Waals surface area (Å²) in [5.41, 5.74) is 0.484. The van der Waals surface area contributed by atoms with Crippen LogP contribution < -0.4 is 38.0 Å². The van der Waals surface area contributed by atoms with Crippen LogP contribution in [0.5, 0.6) is 40.6 Å². The van der Waals surface area contributed by atoms with E-state index < -0.39 is 21.6 Å². The van der Waals surface area contributed by atoms with E-state index in [9.17, 15) is 13.2 Å². The van der Waals surface area contributed by atoms with Crippen molar-refractivity contribution in [2.24, 2.45) is 0 Å². The fourth-order valence-corrected chi connectivity index (χ4v) is 6.29. The number of thioether (sulfide) groups is 1. The lowest BCUT2D eigenvalue weighted by atomic mass is 10.1. The molecule has 2 heterocycles. The Balaban J connectivity index is 1.30. The molecule has 0 radical (unpaired) electrons. The minimum Gasteiger partial charge on any atom is -0.496 e. The highest BCUT2D eigenvalue weighted by atomic mass is 32.2. The average molecular weight is 726 g/mol. The Kier molecular flexibility index (Phi) is 11.2. The highest BCUT2D eigenvalue weighted by Crippen LogP contribution is 2.44. The number of hydrogen-bond acceptors (Lipinski definition) is 16. The predicted molar refractivity (Wildman–Crippen MR) is 179 cm³/mol. The number of ether oxygens (including phenoxy) is 6. The maximum Gasteiger partial charge on any atom is 0.431 e. The largest absolute Gasteiger partial charge is 0.496 e. The summed E-state index contributed by atoms with van der Waals surface area (Å²) in [5, 5.41) is 16.6. The second kappa shape index (κ2) is 15.7. The number of nitriles is 1. The Morgan fingerprint density at radius 3 is 2.14 bits per heavy atom. The molecule has 0 saturated carbocycles. The molecule has 0 aliphatic carbocycles. The van der Waals surface area contributed by atoms with E-state index in [1.54, 1.807) is 24.3 Å². The zero-order valence-corrected chi connectivity index (χ0v) is 29.1. The van der Waals surface area contributed by atoms with Gasteiger partial charge in [-0.15, -0.1) is 0 Å². The van der Waals surface area contributed by atoms with Crippen LogP contribution in [0.1, 0.15) is 18.4 Å². The van der Waals surface area contributed by atoms with Gasteiger partial charge in [-0.1, -0.05) is 22.0 Å². The number of unbranched alkanes of at least 4 members (excludes halogenated alkanes) is 1. The SMILES string of the molecule is COc1cc(OC)c2c(=O)c(OCCCCSc3nnc(OS(=O)(=O)c4ccc(C#N)cc4)o3)c(-c3cc(OC)c(OC)c(OC)c3)oc2c1. The third kappa shape index (κ3) is 7.66. The van der Waals surface area contributed by atoms with Gasteiger partial charge in [-0.05, 0) is 49.2 Å². The van der Waals surface area contributed by atoms with Crippen molar-refractivity contribution in [2.45, 2.75) is 23.0 Å². The zero-order chi connectivity index (χ0) is 35.8. The molecular weight excluding hydrogens is 695 g/mol. The molecule has 262 valence electrons. The number of nitrogens with zero attached hydrogens (tertiary/aromatic N) is 3. The van der Waals surface area contributed by atoms with Crippen molar-refractivity contribution in [3.63, 3.8) is 0 Å². The monoisotopic (exact) mass is 725 g/mol. The third-order valence-corrected chi connectivity index (χ3v) is 9.24. The summed E-state index contributed by atoms with van der Waals surface area (Å²) in [5.74, 6) is 2.29. The number of hydrogen-bond donors (Lipinski definition) is 0. The molecule has 0 atom stereocenters. The molecule has 0 spiro atoms. The normalized spacial score (nSPS) is 11.1. The van der Waals surface area contributed by atoms with Gasteiger partial charge in [0.2, 0.25) is 16.9 Å². The standard InChI is InChI=1S/C33H31N3O12S2/c1-40-21-16-23(41-2)27-24(17-21)46-29(20-14-25(42-3)30(44-5)26(15-20)43-4)31(28(27)37)45-12-6-7-13-49-33-36-35-32(47-33)48-50(38,39)22-10-8-19(18-34)9-11-22/h8-11,14-17H,6-7,12-13H2,1-5H3. The van der Waals surface area contributed by atoms with Gasteiger partial charge in [0.15, 0.2) is 17.3 Å². The van der Waals surface area contributed by atoms with E-state index in [0.717, 1.165) is 0 Å². The quantitative estimate of drug-likeness (QED) is 0.0705. The summed E-state index contributed by atoms with van der Waals surface area (Å²) < 4.78 is 75.0. The molecule has 5 rings (SSSR count). The molecular formula is C33H31N3O12S2. The lowest BCUT2D eigenvalue weighted by molar-refractivity contribution is 0.301. The second-order valence-electron chi connectivity index (χ2n) is 10.1. The molecule has 0 N–H and O–H groups in total. The van der Waals surface area contributed by atoms with E-state index in [1.165, 1.54) is 71.6 Å². The van der Waals surface area contributed by atoms with Gasteiger partial charge in [0.25, 0.3) is 5.22 Å². The first kappa shape index (κ1) is 35.7. The molecule has 0 unspecified atom stereocenters. The van der Waals surface area contributed by atoms with Crippen LogP contribution in [0.4, 0.5) is 0 Å². The first-order valence-corrected chi connectivity index (χ1v) is 17.1. The molecule has 0 aliphatic heterocycles. The van der Waals surface area contributed by atoms with E-state index in [0.29, 0.717) is 52.7 Å². The summed E-state index contributed by atoms with van der Waals surface area (Å²) in [6, 6.07) is 13.5. The molecule has 0 aliphatic rings. The highest BCUT2D eigenvalue weighted by Gasteiger charge is 2.25. The van der Waals surface area contributed by atoms with Crippen LogP contribution in [0, 0.1) is 11.3 Å². The first-order valence-electron chi connectivity index (χ1n) is 14.7. The lowest BCUT2D eigenvalue weighted by Crippen LogP contribution is -2.12. The maximum atomic E-state index is 14.0. The molecule has 17 heteroatoms. The van der Waals surface area contributed by atoms with E-state index in [1.807, 2.05) is 6.07 Å². The average Bonchev–Trinajstić information content (AvgIpc) is 3.58. The van der Waals surface area contributed by atoms with Gasteiger partial charge in [-0.2, -0.15) is 13.7 Å². The van der Waals surface area contributed by atoms with Gasteiger partial charge in [0.1, 0.15) is 27.4 Å². The number of aromatic nitrogens is 2. The van der Waals surface area contributed by atoms with E-state index in [2.05, 4.69) is 10.2 Å². The summed E-state index contributed by atoms with van der Waals surface area (Å²) >= 11 is 1.18. The first-order chi connectivity index (χ1) is 24.2.